The first-order valence-electron chi connectivity index (χ1n) is 5.89. The van der Waals surface area contributed by atoms with E-state index in [1.165, 1.54) is 12.3 Å². The predicted molar refractivity (Wildman–Crippen MR) is 67.4 cm³/mol. The lowest BCUT2D eigenvalue weighted by atomic mass is 10.2. The van der Waals surface area contributed by atoms with Gasteiger partial charge in [0.15, 0.2) is 5.43 Å². The normalized spacial score (nSPS) is 10.6. The largest absolute Gasteiger partial charge is 0.477 e. The third-order valence-corrected chi connectivity index (χ3v) is 2.83. The number of carbonyl (C=O) groups is 1. The molecule has 2 aromatic heterocycles. The number of carboxylic acids is 1. The van der Waals surface area contributed by atoms with Crippen molar-refractivity contribution in [3.63, 3.8) is 0 Å². The third-order valence-electron chi connectivity index (χ3n) is 2.83. The van der Waals surface area contributed by atoms with Gasteiger partial charge in [-0.05, 0) is 6.92 Å². The van der Waals surface area contributed by atoms with Gasteiger partial charge in [-0.2, -0.15) is 0 Å². The van der Waals surface area contributed by atoms with Gasteiger partial charge in [-0.15, -0.1) is 0 Å². The summed E-state index contributed by atoms with van der Waals surface area (Å²) >= 11 is 0. The molecule has 1 N–H and O–H groups in total. The van der Waals surface area contributed by atoms with Crippen LogP contribution in [-0.4, -0.2) is 20.6 Å². The van der Waals surface area contributed by atoms with Crippen LogP contribution >= 0.6 is 0 Å². The summed E-state index contributed by atoms with van der Waals surface area (Å²) in [7, 11) is 0. The molecule has 0 unspecified atom stereocenters. The number of oxazole rings is 1. The zero-order chi connectivity index (χ0) is 14.0. The molecule has 6 heteroatoms. The molecule has 19 heavy (non-hydrogen) atoms. The van der Waals surface area contributed by atoms with E-state index in [-0.39, 0.29) is 5.56 Å². The fourth-order valence-electron chi connectivity index (χ4n) is 1.73. The van der Waals surface area contributed by atoms with E-state index in [1.54, 1.807) is 17.7 Å². The van der Waals surface area contributed by atoms with Crippen LogP contribution < -0.4 is 5.43 Å². The molecule has 0 aliphatic carbocycles. The average molecular weight is 262 g/mol. The first kappa shape index (κ1) is 13.1. The van der Waals surface area contributed by atoms with Gasteiger partial charge >= 0.3 is 5.97 Å². The predicted octanol–water partition coefficient (Wildman–Crippen LogP) is 1.45. The number of hydrogen-bond acceptors (Lipinski definition) is 4. The van der Waals surface area contributed by atoms with Gasteiger partial charge in [0.25, 0.3) is 0 Å². The molecule has 0 amide bonds. The summed E-state index contributed by atoms with van der Waals surface area (Å²) in [5.41, 5.74) is -0.0954. The minimum absolute atomic E-state index is 0.257. The van der Waals surface area contributed by atoms with E-state index in [4.69, 9.17) is 9.52 Å². The molecular formula is C13H14N2O4. The summed E-state index contributed by atoms with van der Waals surface area (Å²) < 4.78 is 7.10. The Bertz CT molecular complexity index is 670. The lowest BCUT2D eigenvalue weighted by Gasteiger charge is -2.09. The molecule has 2 rings (SSSR count). The molecule has 2 aromatic rings. The Labute approximate surface area is 109 Å². The van der Waals surface area contributed by atoms with E-state index in [0.29, 0.717) is 18.1 Å². The highest BCUT2D eigenvalue weighted by molar-refractivity contribution is 5.87. The maximum atomic E-state index is 11.5. The van der Waals surface area contributed by atoms with Gasteiger partial charge in [0.05, 0.1) is 12.7 Å². The molecule has 0 saturated carbocycles. The molecule has 0 aliphatic heterocycles. The van der Waals surface area contributed by atoms with E-state index in [9.17, 15) is 9.59 Å². The van der Waals surface area contributed by atoms with E-state index in [1.807, 2.05) is 6.92 Å². The second-order valence-corrected chi connectivity index (χ2v) is 4.20. The first-order valence-corrected chi connectivity index (χ1v) is 5.89. The van der Waals surface area contributed by atoms with E-state index in [2.05, 4.69) is 4.98 Å². The van der Waals surface area contributed by atoms with Crippen molar-refractivity contribution in [2.24, 2.45) is 0 Å². The number of aryl methyl sites for hydroxylation is 2. The van der Waals surface area contributed by atoms with Gasteiger partial charge in [-0.1, -0.05) is 6.92 Å². The summed E-state index contributed by atoms with van der Waals surface area (Å²) in [6.45, 7) is 3.99. The minimum Gasteiger partial charge on any atom is -0.477 e. The molecule has 0 aromatic carbocycles. The molecule has 0 bridgehead atoms. The number of rotatable bonds is 4. The molecule has 2 heterocycles. The summed E-state index contributed by atoms with van der Waals surface area (Å²) in [5.74, 6) is 0.0208. The van der Waals surface area contributed by atoms with Gasteiger partial charge in [0, 0.05) is 24.4 Å². The molecule has 0 fully saturated rings. The average Bonchev–Trinajstić information content (AvgIpc) is 2.80. The van der Waals surface area contributed by atoms with Crippen LogP contribution in [0.1, 0.15) is 34.6 Å². The number of aromatic nitrogens is 2. The Morgan fingerprint density at radius 2 is 2.26 bits per heavy atom. The van der Waals surface area contributed by atoms with Crippen LogP contribution in [0.3, 0.4) is 0 Å². The van der Waals surface area contributed by atoms with Crippen molar-refractivity contribution in [1.82, 2.24) is 9.55 Å². The maximum Gasteiger partial charge on any atom is 0.341 e. The SMILES string of the molecule is CCc1cnc(Cn2cc(C(=O)O)c(=O)cc2C)o1. The fourth-order valence-corrected chi connectivity index (χ4v) is 1.73. The standard InChI is InChI=1S/C13H14N2O4/c1-3-9-5-14-12(19-9)7-15-6-10(13(17)18)11(16)4-8(15)2/h4-6H,3,7H2,1-2H3,(H,17,18). The maximum absolute atomic E-state index is 11.5. The highest BCUT2D eigenvalue weighted by Crippen LogP contribution is 2.08. The van der Waals surface area contributed by atoms with E-state index in [0.717, 1.165) is 12.2 Å². The smallest absolute Gasteiger partial charge is 0.341 e. The van der Waals surface area contributed by atoms with Crippen molar-refractivity contribution >= 4 is 5.97 Å². The van der Waals surface area contributed by atoms with Crippen molar-refractivity contribution in [1.29, 1.82) is 0 Å². The van der Waals surface area contributed by atoms with Crippen LogP contribution in [0, 0.1) is 6.92 Å². The zero-order valence-corrected chi connectivity index (χ0v) is 10.7. The first-order chi connectivity index (χ1) is 9.01. The summed E-state index contributed by atoms with van der Waals surface area (Å²) in [5, 5.41) is 8.94. The van der Waals surface area contributed by atoms with Gasteiger partial charge in [0.1, 0.15) is 11.3 Å². The topological polar surface area (TPSA) is 85.3 Å². The molecular weight excluding hydrogens is 248 g/mol. The van der Waals surface area contributed by atoms with Gasteiger partial charge in [0.2, 0.25) is 5.89 Å². The van der Waals surface area contributed by atoms with Crippen molar-refractivity contribution in [3.8, 4) is 0 Å². The monoisotopic (exact) mass is 262 g/mol. The Hall–Kier alpha value is -2.37. The number of pyridine rings is 1. The van der Waals surface area contributed by atoms with Crippen molar-refractivity contribution < 1.29 is 14.3 Å². The second-order valence-electron chi connectivity index (χ2n) is 4.20. The second kappa shape index (κ2) is 5.09. The van der Waals surface area contributed by atoms with Gasteiger partial charge in [-0.3, -0.25) is 4.79 Å². The van der Waals surface area contributed by atoms with Crippen LogP contribution in [0.15, 0.2) is 27.7 Å². The van der Waals surface area contributed by atoms with Crippen molar-refractivity contribution in [2.75, 3.05) is 0 Å². The molecule has 100 valence electrons. The Balaban J connectivity index is 2.36. The van der Waals surface area contributed by atoms with Crippen molar-refractivity contribution in [2.45, 2.75) is 26.8 Å². The third kappa shape index (κ3) is 2.73. The molecule has 0 radical (unpaired) electrons. The fraction of sp³-hybridized carbons (Fsp3) is 0.308. The Morgan fingerprint density at radius 3 is 2.84 bits per heavy atom. The van der Waals surface area contributed by atoms with Crippen LogP contribution in [-0.2, 0) is 13.0 Å². The number of nitrogens with zero attached hydrogens (tertiary/aromatic N) is 2. The molecule has 6 nitrogen and oxygen atoms in total. The van der Waals surface area contributed by atoms with Crippen LogP contribution in [0.4, 0.5) is 0 Å². The van der Waals surface area contributed by atoms with Gasteiger partial charge < -0.3 is 14.1 Å². The van der Waals surface area contributed by atoms with Crippen LogP contribution in [0.5, 0.6) is 0 Å². The summed E-state index contributed by atoms with van der Waals surface area (Å²) in [4.78, 5) is 26.5. The number of carboxylic acid groups (broad SMARTS) is 1. The molecule has 0 aliphatic rings. The summed E-state index contributed by atoms with van der Waals surface area (Å²) in [6.07, 6.45) is 3.71. The molecule has 0 spiro atoms. The lowest BCUT2D eigenvalue weighted by molar-refractivity contribution is 0.0694. The lowest BCUT2D eigenvalue weighted by Crippen LogP contribution is -2.19. The van der Waals surface area contributed by atoms with Crippen LogP contribution in [0.25, 0.3) is 0 Å². The summed E-state index contributed by atoms with van der Waals surface area (Å²) in [6, 6.07) is 1.30. The van der Waals surface area contributed by atoms with Crippen molar-refractivity contribution in [3.05, 3.63) is 51.6 Å². The van der Waals surface area contributed by atoms with Crippen LogP contribution in [0.2, 0.25) is 0 Å². The Morgan fingerprint density at radius 1 is 1.53 bits per heavy atom. The number of aromatic carboxylic acids is 1. The highest BCUT2D eigenvalue weighted by atomic mass is 16.4. The quantitative estimate of drug-likeness (QED) is 0.901. The number of hydrogen-bond donors (Lipinski definition) is 1. The van der Waals surface area contributed by atoms with Gasteiger partial charge in [-0.25, -0.2) is 9.78 Å². The Kier molecular flexibility index (Phi) is 3.50. The van der Waals surface area contributed by atoms with E-state index < -0.39 is 11.4 Å². The minimum atomic E-state index is -1.24. The van der Waals surface area contributed by atoms with E-state index >= 15 is 0 Å². The molecule has 0 saturated heterocycles. The highest BCUT2D eigenvalue weighted by Gasteiger charge is 2.12. The zero-order valence-electron chi connectivity index (χ0n) is 10.7. The molecule has 0 atom stereocenters.